The van der Waals surface area contributed by atoms with Crippen molar-refractivity contribution < 1.29 is 19.0 Å². The fraction of sp³-hybridized carbons (Fsp3) is 0.304. The summed E-state index contributed by atoms with van der Waals surface area (Å²) in [5.74, 6) is 1.60. The Labute approximate surface area is 181 Å². The van der Waals surface area contributed by atoms with Gasteiger partial charge in [0.25, 0.3) is 0 Å². The van der Waals surface area contributed by atoms with E-state index in [1.54, 1.807) is 19.1 Å². The molecule has 3 rings (SSSR count). The standard InChI is InChI=1S/C23H26N2O4S/c1-27-13-12-25(23(26)14-18-6-4-3-5-7-18)15-19-17-30-22(24-19)16-29-21-10-8-20(28-2)9-11-21/h3-11,17H,12-16H2,1-2H3. The summed E-state index contributed by atoms with van der Waals surface area (Å²) in [6.45, 7) is 1.84. The van der Waals surface area contributed by atoms with Gasteiger partial charge in [0.2, 0.25) is 5.91 Å². The van der Waals surface area contributed by atoms with Gasteiger partial charge in [0.15, 0.2) is 0 Å². The van der Waals surface area contributed by atoms with E-state index >= 15 is 0 Å². The van der Waals surface area contributed by atoms with Crippen LogP contribution in [0.1, 0.15) is 16.3 Å². The van der Waals surface area contributed by atoms with Crippen molar-refractivity contribution in [3.05, 3.63) is 76.2 Å². The zero-order valence-electron chi connectivity index (χ0n) is 17.2. The van der Waals surface area contributed by atoms with Crippen LogP contribution in [0.25, 0.3) is 0 Å². The maximum absolute atomic E-state index is 12.8. The van der Waals surface area contributed by atoms with E-state index in [1.165, 1.54) is 11.3 Å². The van der Waals surface area contributed by atoms with Crippen LogP contribution in [0.4, 0.5) is 0 Å². The third-order valence-corrected chi connectivity index (χ3v) is 5.36. The van der Waals surface area contributed by atoms with Crippen LogP contribution in [-0.2, 0) is 29.1 Å². The summed E-state index contributed by atoms with van der Waals surface area (Å²) in [6.07, 6.45) is 0.363. The first-order valence-corrected chi connectivity index (χ1v) is 10.6. The van der Waals surface area contributed by atoms with E-state index < -0.39 is 0 Å². The molecule has 1 amide bonds. The Kier molecular flexibility index (Phi) is 8.23. The van der Waals surface area contributed by atoms with E-state index in [0.717, 1.165) is 27.8 Å². The van der Waals surface area contributed by atoms with Crippen LogP contribution in [0.15, 0.2) is 60.0 Å². The van der Waals surface area contributed by atoms with E-state index in [2.05, 4.69) is 4.98 Å². The molecular formula is C23H26N2O4S. The van der Waals surface area contributed by atoms with Crippen LogP contribution in [0.2, 0.25) is 0 Å². The number of hydrogen-bond acceptors (Lipinski definition) is 6. The predicted molar refractivity (Wildman–Crippen MR) is 117 cm³/mol. The van der Waals surface area contributed by atoms with Gasteiger partial charge < -0.3 is 19.1 Å². The zero-order chi connectivity index (χ0) is 21.2. The molecule has 3 aromatic rings. The molecule has 30 heavy (non-hydrogen) atoms. The fourth-order valence-electron chi connectivity index (χ4n) is 2.88. The summed E-state index contributed by atoms with van der Waals surface area (Å²) in [5.41, 5.74) is 1.85. The summed E-state index contributed by atoms with van der Waals surface area (Å²) >= 11 is 1.53. The highest BCUT2D eigenvalue weighted by atomic mass is 32.1. The first-order valence-electron chi connectivity index (χ1n) is 9.68. The van der Waals surface area contributed by atoms with Crippen LogP contribution in [0.3, 0.4) is 0 Å². The molecule has 0 aliphatic heterocycles. The molecule has 0 atom stereocenters. The largest absolute Gasteiger partial charge is 0.497 e. The number of thiazole rings is 1. The van der Waals surface area contributed by atoms with Crippen molar-refractivity contribution in [2.75, 3.05) is 27.4 Å². The van der Waals surface area contributed by atoms with Gasteiger partial charge in [-0.2, -0.15) is 0 Å². The minimum atomic E-state index is 0.0577. The molecule has 0 radical (unpaired) electrons. The molecule has 158 valence electrons. The molecule has 1 heterocycles. The Morgan fingerprint density at radius 1 is 1.03 bits per heavy atom. The molecule has 2 aromatic carbocycles. The number of carbonyl (C=O) groups excluding carboxylic acids is 1. The maximum atomic E-state index is 12.8. The van der Waals surface area contributed by atoms with Gasteiger partial charge in [0, 0.05) is 19.0 Å². The average Bonchev–Trinajstić information content (AvgIpc) is 3.23. The number of ether oxygens (including phenoxy) is 3. The molecule has 0 bridgehead atoms. The van der Waals surface area contributed by atoms with Gasteiger partial charge in [-0.25, -0.2) is 4.98 Å². The van der Waals surface area contributed by atoms with Crippen LogP contribution < -0.4 is 9.47 Å². The average molecular weight is 427 g/mol. The summed E-state index contributed by atoms with van der Waals surface area (Å²) < 4.78 is 16.1. The summed E-state index contributed by atoms with van der Waals surface area (Å²) in [5, 5.41) is 2.84. The number of benzene rings is 2. The van der Waals surface area contributed by atoms with Crippen molar-refractivity contribution in [2.45, 2.75) is 19.6 Å². The van der Waals surface area contributed by atoms with Crippen LogP contribution in [0.5, 0.6) is 11.5 Å². The van der Waals surface area contributed by atoms with E-state index in [-0.39, 0.29) is 5.91 Å². The summed E-state index contributed by atoms with van der Waals surface area (Å²) in [7, 11) is 3.27. The topological polar surface area (TPSA) is 60.9 Å². The Balaban J connectivity index is 1.57. The highest BCUT2D eigenvalue weighted by Crippen LogP contribution is 2.20. The lowest BCUT2D eigenvalue weighted by Gasteiger charge is -2.21. The Morgan fingerprint density at radius 3 is 2.47 bits per heavy atom. The molecule has 0 aliphatic carbocycles. The van der Waals surface area contributed by atoms with Crippen LogP contribution in [0, 0.1) is 0 Å². The Morgan fingerprint density at radius 2 is 1.77 bits per heavy atom. The number of carbonyl (C=O) groups is 1. The molecule has 0 fully saturated rings. The van der Waals surface area contributed by atoms with E-state index in [4.69, 9.17) is 14.2 Å². The van der Waals surface area contributed by atoms with Crippen LogP contribution >= 0.6 is 11.3 Å². The lowest BCUT2D eigenvalue weighted by atomic mass is 10.1. The molecular weight excluding hydrogens is 400 g/mol. The number of rotatable bonds is 11. The summed E-state index contributed by atoms with van der Waals surface area (Å²) in [6, 6.07) is 17.2. The maximum Gasteiger partial charge on any atom is 0.227 e. The number of methoxy groups -OCH3 is 2. The first kappa shape index (κ1) is 21.8. The molecule has 0 unspecified atom stereocenters. The van der Waals surface area contributed by atoms with Gasteiger partial charge in [0.1, 0.15) is 23.1 Å². The van der Waals surface area contributed by atoms with Crippen molar-refractivity contribution in [1.29, 1.82) is 0 Å². The highest BCUT2D eigenvalue weighted by molar-refractivity contribution is 7.09. The number of nitrogens with zero attached hydrogens (tertiary/aromatic N) is 2. The Bertz CT molecular complexity index is 912. The molecule has 0 spiro atoms. The van der Waals surface area contributed by atoms with Crippen molar-refractivity contribution >= 4 is 17.2 Å². The minimum Gasteiger partial charge on any atom is -0.497 e. The minimum absolute atomic E-state index is 0.0577. The van der Waals surface area contributed by atoms with Gasteiger partial charge in [-0.1, -0.05) is 30.3 Å². The quantitative estimate of drug-likeness (QED) is 0.465. The molecule has 1 aromatic heterocycles. The van der Waals surface area contributed by atoms with Gasteiger partial charge >= 0.3 is 0 Å². The molecule has 0 aliphatic rings. The van der Waals surface area contributed by atoms with Gasteiger partial charge in [0.05, 0.1) is 32.4 Å². The number of amides is 1. The highest BCUT2D eigenvalue weighted by Gasteiger charge is 2.16. The second-order valence-electron chi connectivity index (χ2n) is 6.67. The zero-order valence-corrected chi connectivity index (χ0v) is 18.1. The van der Waals surface area contributed by atoms with Crippen molar-refractivity contribution in [2.24, 2.45) is 0 Å². The monoisotopic (exact) mass is 426 g/mol. The second-order valence-corrected chi connectivity index (χ2v) is 7.61. The van der Waals surface area contributed by atoms with Crippen LogP contribution in [-0.4, -0.2) is 43.2 Å². The molecule has 7 heteroatoms. The predicted octanol–water partition coefficient (Wildman–Crippen LogP) is 3.95. The lowest BCUT2D eigenvalue weighted by molar-refractivity contribution is -0.131. The van der Waals surface area contributed by atoms with E-state index in [1.807, 2.05) is 60.0 Å². The van der Waals surface area contributed by atoms with Gasteiger partial charge in [-0.3, -0.25) is 4.79 Å². The molecule has 0 saturated heterocycles. The Hall–Kier alpha value is -2.90. The third-order valence-electron chi connectivity index (χ3n) is 4.49. The van der Waals surface area contributed by atoms with Gasteiger partial charge in [-0.05, 0) is 29.8 Å². The van der Waals surface area contributed by atoms with E-state index in [9.17, 15) is 4.79 Å². The first-order chi connectivity index (χ1) is 14.7. The molecule has 0 N–H and O–H groups in total. The van der Waals surface area contributed by atoms with E-state index in [0.29, 0.717) is 32.7 Å². The normalized spacial score (nSPS) is 10.6. The summed E-state index contributed by atoms with van der Waals surface area (Å²) in [4.78, 5) is 19.2. The van der Waals surface area contributed by atoms with Crippen molar-refractivity contribution in [1.82, 2.24) is 9.88 Å². The fourth-order valence-corrected chi connectivity index (χ4v) is 3.57. The lowest BCUT2D eigenvalue weighted by Crippen LogP contribution is -2.34. The third kappa shape index (κ3) is 6.57. The van der Waals surface area contributed by atoms with Crippen molar-refractivity contribution in [3.8, 4) is 11.5 Å². The molecule has 0 saturated carbocycles. The SMILES string of the molecule is COCCN(Cc1csc(COc2ccc(OC)cc2)n1)C(=O)Cc1ccccc1. The molecule has 6 nitrogen and oxygen atoms in total. The van der Waals surface area contributed by atoms with Crippen molar-refractivity contribution in [3.63, 3.8) is 0 Å². The number of aromatic nitrogens is 1. The smallest absolute Gasteiger partial charge is 0.227 e. The van der Waals surface area contributed by atoms with Gasteiger partial charge in [-0.15, -0.1) is 11.3 Å². The second kappa shape index (κ2) is 11.3. The number of hydrogen-bond donors (Lipinski definition) is 0.